The van der Waals surface area contributed by atoms with E-state index in [9.17, 15) is 14.7 Å². The molecule has 5 rings (SSSR count). The Labute approximate surface area is 226 Å². The number of hydrogen-bond acceptors (Lipinski definition) is 5. The third-order valence-corrected chi connectivity index (χ3v) is 6.83. The fourth-order valence-electron chi connectivity index (χ4n) is 4.46. The first-order valence-corrected chi connectivity index (χ1v) is 12.7. The standard InChI is InChI=1S/C31H30N4O4/c1-31(2,3)24-12-9-21(10-13-24)28(36)32-25(30(37)38)17-19-5-7-20(8-6-19)27-33-29(39-34-27)23-11-14-26-22(18-23)15-16-35(26)4/h5-16,18,25H,17H2,1-4H3,(H,32,36)(H,37,38). The fraction of sp³-hybridized carbons (Fsp3) is 0.226. The zero-order valence-corrected chi connectivity index (χ0v) is 22.3. The maximum absolute atomic E-state index is 12.7. The van der Waals surface area contributed by atoms with Crippen LogP contribution in [0.2, 0.25) is 0 Å². The van der Waals surface area contributed by atoms with Crippen molar-refractivity contribution in [3.8, 4) is 22.8 Å². The molecule has 1 atom stereocenters. The van der Waals surface area contributed by atoms with E-state index in [4.69, 9.17) is 4.52 Å². The number of amides is 1. The maximum Gasteiger partial charge on any atom is 0.326 e. The number of nitrogens with zero attached hydrogens (tertiary/aromatic N) is 3. The largest absolute Gasteiger partial charge is 0.480 e. The molecule has 0 fully saturated rings. The van der Waals surface area contributed by atoms with Gasteiger partial charge in [-0.05, 0) is 52.9 Å². The number of aliphatic carboxylic acids is 1. The summed E-state index contributed by atoms with van der Waals surface area (Å²) >= 11 is 0. The van der Waals surface area contributed by atoms with Crippen LogP contribution in [0.1, 0.15) is 42.3 Å². The summed E-state index contributed by atoms with van der Waals surface area (Å²) in [6.07, 6.45) is 2.13. The first-order chi connectivity index (χ1) is 18.6. The van der Waals surface area contributed by atoms with Crippen molar-refractivity contribution in [2.75, 3.05) is 0 Å². The third-order valence-electron chi connectivity index (χ3n) is 6.83. The Hall–Kier alpha value is -4.72. The topological polar surface area (TPSA) is 110 Å². The van der Waals surface area contributed by atoms with Crippen LogP contribution in [0, 0.1) is 0 Å². The Kier molecular flexibility index (Phi) is 6.78. The molecule has 3 aromatic carbocycles. The number of aromatic nitrogens is 3. The Balaban J connectivity index is 1.26. The van der Waals surface area contributed by atoms with Gasteiger partial charge in [0.15, 0.2) is 0 Å². The first kappa shape index (κ1) is 25.9. The summed E-state index contributed by atoms with van der Waals surface area (Å²) in [5.41, 5.74) is 4.92. The SMILES string of the molecule is Cn1ccc2cc(-c3nc(-c4ccc(CC(NC(=O)c5ccc(C(C)(C)C)cc5)C(=O)O)cc4)no3)ccc21. The average Bonchev–Trinajstić information content (AvgIpc) is 3.55. The second kappa shape index (κ2) is 10.2. The van der Waals surface area contributed by atoms with Gasteiger partial charge in [0.1, 0.15) is 6.04 Å². The Morgan fingerprint density at radius 2 is 1.67 bits per heavy atom. The lowest BCUT2D eigenvalue weighted by Gasteiger charge is -2.19. The van der Waals surface area contributed by atoms with E-state index in [0.29, 0.717) is 17.3 Å². The van der Waals surface area contributed by atoms with Crippen LogP contribution >= 0.6 is 0 Å². The molecule has 5 aromatic rings. The lowest BCUT2D eigenvalue weighted by Crippen LogP contribution is -2.42. The Morgan fingerprint density at radius 3 is 2.33 bits per heavy atom. The molecule has 1 amide bonds. The normalized spacial score (nSPS) is 12.4. The number of benzene rings is 3. The van der Waals surface area contributed by atoms with Gasteiger partial charge in [0.05, 0.1) is 0 Å². The van der Waals surface area contributed by atoms with E-state index in [1.807, 2.05) is 78.5 Å². The van der Waals surface area contributed by atoms with Gasteiger partial charge in [0.2, 0.25) is 5.82 Å². The van der Waals surface area contributed by atoms with Crippen LogP contribution in [0.3, 0.4) is 0 Å². The van der Waals surface area contributed by atoms with Crippen LogP contribution < -0.4 is 5.32 Å². The highest BCUT2D eigenvalue weighted by atomic mass is 16.5. The molecule has 2 aromatic heterocycles. The number of carbonyl (C=O) groups is 2. The van der Waals surface area contributed by atoms with Gasteiger partial charge in [-0.1, -0.05) is 62.3 Å². The van der Waals surface area contributed by atoms with Crippen LogP contribution in [0.15, 0.2) is 83.5 Å². The minimum absolute atomic E-state index is 0.0374. The third kappa shape index (κ3) is 5.60. The monoisotopic (exact) mass is 522 g/mol. The van der Waals surface area contributed by atoms with Gasteiger partial charge < -0.3 is 19.5 Å². The van der Waals surface area contributed by atoms with Gasteiger partial charge >= 0.3 is 5.97 Å². The van der Waals surface area contributed by atoms with Crippen LogP contribution in [0.5, 0.6) is 0 Å². The predicted molar refractivity (Wildman–Crippen MR) is 149 cm³/mol. The Bertz CT molecular complexity index is 1640. The molecule has 1 unspecified atom stereocenters. The second-order valence-electron chi connectivity index (χ2n) is 10.7. The van der Waals surface area contributed by atoms with Crippen LogP contribution in [0.4, 0.5) is 0 Å². The van der Waals surface area contributed by atoms with Crippen molar-refractivity contribution in [3.63, 3.8) is 0 Å². The van der Waals surface area contributed by atoms with Crippen molar-refractivity contribution < 1.29 is 19.2 Å². The molecule has 0 saturated carbocycles. The number of carboxylic acids is 1. The zero-order chi connectivity index (χ0) is 27.7. The molecule has 0 bridgehead atoms. The molecule has 0 aliphatic rings. The molecule has 0 aliphatic heterocycles. The van der Waals surface area contributed by atoms with E-state index >= 15 is 0 Å². The van der Waals surface area contributed by atoms with Crippen molar-refractivity contribution in [1.29, 1.82) is 0 Å². The quantitative estimate of drug-likeness (QED) is 0.287. The summed E-state index contributed by atoms with van der Waals surface area (Å²) < 4.78 is 7.55. The van der Waals surface area contributed by atoms with Crippen LogP contribution in [-0.2, 0) is 23.7 Å². The summed E-state index contributed by atoms with van der Waals surface area (Å²) in [7, 11) is 1.99. The zero-order valence-electron chi connectivity index (χ0n) is 22.3. The fourth-order valence-corrected chi connectivity index (χ4v) is 4.46. The summed E-state index contributed by atoms with van der Waals surface area (Å²) in [6, 6.07) is 21.4. The van der Waals surface area contributed by atoms with E-state index in [1.54, 1.807) is 12.1 Å². The molecule has 198 valence electrons. The molecule has 2 heterocycles. The summed E-state index contributed by atoms with van der Waals surface area (Å²) in [5, 5.41) is 17.6. The van der Waals surface area contributed by atoms with Crippen LogP contribution in [0.25, 0.3) is 33.7 Å². The molecule has 39 heavy (non-hydrogen) atoms. The van der Waals surface area contributed by atoms with Gasteiger partial charge in [-0.25, -0.2) is 4.79 Å². The van der Waals surface area contributed by atoms with Gasteiger partial charge in [0, 0.05) is 47.3 Å². The first-order valence-electron chi connectivity index (χ1n) is 12.7. The number of aryl methyl sites for hydroxylation is 1. The number of hydrogen-bond donors (Lipinski definition) is 2. The molecule has 0 saturated heterocycles. The van der Waals surface area contributed by atoms with Crippen molar-refractivity contribution in [1.82, 2.24) is 20.0 Å². The van der Waals surface area contributed by atoms with Gasteiger partial charge in [-0.3, -0.25) is 4.79 Å². The average molecular weight is 523 g/mol. The highest BCUT2D eigenvalue weighted by Gasteiger charge is 2.22. The number of carbonyl (C=O) groups excluding carboxylic acids is 1. The highest BCUT2D eigenvalue weighted by molar-refractivity contribution is 5.96. The summed E-state index contributed by atoms with van der Waals surface area (Å²) in [5.74, 6) is -0.667. The van der Waals surface area contributed by atoms with Crippen molar-refractivity contribution in [3.05, 3.63) is 95.7 Å². The van der Waals surface area contributed by atoms with Crippen molar-refractivity contribution in [2.45, 2.75) is 38.6 Å². The van der Waals surface area contributed by atoms with Crippen molar-refractivity contribution in [2.24, 2.45) is 7.05 Å². The number of carboxylic acid groups (broad SMARTS) is 1. The molecule has 8 nitrogen and oxygen atoms in total. The predicted octanol–water partition coefficient (Wildman–Crippen LogP) is 5.62. The number of fused-ring (bicyclic) bond motifs is 1. The lowest BCUT2D eigenvalue weighted by molar-refractivity contribution is -0.139. The smallest absolute Gasteiger partial charge is 0.326 e. The van der Waals surface area contributed by atoms with Gasteiger partial charge in [0.25, 0.3) is 11.8 Å². The second-order valence-corrected chi connectivity index (χ2v) is 10.7. The maximum atomic E-state index is 12.7. The lowest BCUT2D eigenvalue weighted by atomic mass is 9.86. The summed E-state index contributed by atoms with van der Waals surface area (Å²) in [4.78, 5) is 29.2. The molecule has 0 aliphatic carbocycles. The molecular formula is C31H30N4O4. The van der Waals surface area contributed by atoms with E-state index < -0.39 is 17.9 Å². The number of rotatable bonds is 7. The van der Waals surface area contributed by atoms with Gasteiger partial charge in [-0.2, -0.15) is 4.98 Å². The molecular weight excluding hydrogens is 492 g/mol. The van der Waals surface area contributed by atoms with Crippen LogP contribution in [-0.4, -0.2) is 37.7 Å². The highest BCUT2D eigenvalue weighted by Crippen LogP contribution is 2.26. The van der Waals surface area contributed by atoms with E-state index in [0.717, 1.165) is 33.2 Å². The minimum Gasteiger partial charge on any atom is -0.480 e. The van der Waals surface area contributed by atoms with Crippen molar-refractivity contribution >= 4 is 22.8 Å². The summed E-state index contributed by atoms with van der Waals surface area (Å²) in [6.45, 7) is 6.28. The van der Waals surface area contributed by atoms with E-state index in [2.05, 4.69) is 36.2 Å². The van der Waals surface area contributed by atoms with E-state index in [-0.39, 0.29) is 11.8 Å². The molecule has 8 heteroatoms. The Morgan fingerprint density at radius 1 is 0.974 bits per heavy atom. The minimum atomic E-state index is -1.10. The van der Waals surface area contributed by atoms with Gasteiger partial charge in [-0.15, -0.1) is 0 Å². The number of nitrogens with one attached hydrogen (secondary N) is 1. The molecule has 2 N–H and O–H groups in total. The molecule has 0 radical (unpaired) electrons. The van der Waals surface area contributed by atoms with E-state index in [1.165, 1.54) is 0 Å². The molecule has 0 spiro atoms.